The molecule has 0 amide bonds. The number of aromatic nitrogens is 1. The van der Waals surface area contributed by atoms with Gasteiger partial charge in [-0.1, -0.05) is 17.7 Å². The molecule has 0 spiro atoms. The zero-order valence-electron chi connectivity index (χ0n) is 14.2. The number of aliphatic imine (C=N–C) groups is 1. The van der Waals surface area contributed by atoms with Gasteiger partial charge in [0, 0.05) is 6.20 Å². The van der Waals surface area contributed by atoms with Crippen molar-refractivity contribution >= 4 is 41.1 Å². The highest BCUT2D eigenvalue weighted by Gasteiger charge is 2.17. The standard InChI is InChI=1S/C17H18ClN5O3/c1-3-26-17(24)11-8-21-14(18)7-13(11)23-12-6-4-5-10(15(12)25-2)16(20)22-9-19/h4-9H,3H2,1-2H3,(H,21,23)(H3,19,20,22). The van der Waals surface area contributed by atoms with Gasteiger partial charge in [-0.3, -0.25) is 5.41 Å². The summed E-state index contributed by atoms with van der Waals surface area (Å²) in [7, 11) is 1.48. The molecule has 0 saturated carbocycles. The first-order chi connectivity index (χ1) is 12.5. The molecule has 2 aromatic rings. The predicted molar refractivity (Wildman–Crippen MR) is 101 cm³/mol. The van der Waals surface area contributed by atoms with Crippen molar-refractivity contribution in [1.82, 2.24) is 4.98 Å². The van der Waals surface area contributed by atoms with Gasteiger partial charge in [-0.15, -0.1) is 0 Å². The summed E-state index contributed by atoms with van der Waals surface area (Å²) in [5.74, 6) is -0.00334. The SMILES string of the molecule is CCOC(=O)c1cnc(Cl)cc1Nc1cccc(C(N)=NC=N)c1OC. The number of ether oxygens (including phenoxy) is 2. The van der Waals surface area contributed by atoms with E-state index in [1.54, 1.807) is 25.1 Å². The number of para-hydroxylation sites is 1. The molecule has 0 aliphatic carbocycles. The second-order valence-corrected chi connectivity index (χ2v) is 5.32. The van der Waals surface area contributed by atoms with Gasteiger partial charge in [-0.25, -0.2) is 14.8 Å². The van der Waals surface area contributed by atoms with E-state index in [9.17, 15) is 4.79 Å². The molecule has 0 atom stereocenters. The molecular weight excluding hydrogens is 358 g/mol. The minimum atomic E-state index is -0.529. The maximum Gasteiger partial charge on any atom is 0.341 e. The van der Waals surface area contributed by atoms with E-state index in [-0.39, 0.29) is 23.2 Å². The number of hydrogen-bond donors (Lipinski definition) is 3. The van der Waals surface area contributed by atoms with Crippen molar-refractivity contribution in [3.05, 3.63) is 46.7 Å². The summed E-state index contributed by atoms with van der Waals surface area (Å²) >= 11 is 5.96. The average molecular weight is 376 g/mol. The highest BCUT2D eigenvalue weighted by atomic mass is 35.5. The van der Waals surface area contributed by atoms with E-state index in [1.165, 1.54) is 19.4 Å². The molecule has 0 saturated heterocycles. The maximum atomic E-state index is 12.1. The number of halogens is 1. The summed E-state index contributed by atoms with van der Waals surface area (Å²) < 4.78 is 10.5. The summed E-state index contributed by atoms with van der Waals surface area (Å²) in [5.41, 5.74) is 7.53. The number of pyridine rings is 1. The predicted octanol–water partition coefficient (Wildman–Crippen LogP) is 2.98. The second kappa shape index (κ2) is 8.82. The van der Waals surface area contributed by atoms with Crippen molar-refractivity contribution in [3.8, 4) is 5.75 Å². The molecule has 2 rings (SSSR count). The van der Waals surface area contributed by atoms with Crippen molar-refractivity contribution in [2.24, 2.45) is 10.7 Å². The lowest BCUT2D eigenvalue weighted by Gasteiger charge is -2.16. The Hall–Kier alpha value is -3.13. The molecule has 4 N–H and O–H groups in total. The van der Waals surface area contributed by atoms with E-state index < -0.39 is 5.97 Å². The Kier molecular flexibility index (Phi) is 6.51. The van der Waals surface area contributed by atoms with E-state index in [0.717, 1.165) is 6.34 Å². The van der Waals surface area contributed by atoms with Crippen LogP contribution in [0.4, 0.5) is 11.4 Å². The number of anilines is 2. The number of amidine groups is 1. The van der Waals surface area contributed by atoms with Gasteiger partial charge in [-0.05, 0) is 25.1 Å². The number of esters is 1. The largest absolute Gasteiger partial charge is 0.494 e. The van der Waals surface area contributed by atoms with Crippen LogP contribution < -0.4 is 15.8 Å². The lowest BCUT2D eigenvalue weighted by molar-refractivity contribution is 0.0527. The topological polar surface area (TPSA) is 123 Å². The first-order valence-electron chi connectivity index (χ1n) is 7.61. The van der Waals surface area contributed by atoms with Gasteiger partial charge < -0.3 is 20.5 Å². The van der Waals surface area contributed by atoms with E-state index in [4.69, 9.17) is 32.2 Å². The first kappa shape index (κ1) is 19.2. The lowest BCUT2D eigenvalue weighted by Crippen LogP contribution is -2.15. The highest BCUT2D eigenvalue weighted by molar-refractivity contribution is 6.29. The molecule has 9 heteroatoms. The number of carbonyl (C=O) groups is 1. The van der Waals surface area contributed by atoms with Gasteiger partial charge in [0.15, 0.2) is 5.75 Å². The Balaban J connectivity index is 2.50. The van der Waals surface area contributed by atoms with Gasteiger partial charge in [-0.2, -0.15) is 0 Å². The van der Waals surface area contributed by atoms with Crippen molar-refractivity contribution in [1.29, 1.82) is 5.41 Å². The van der Waals surface area contributed by atoms with Crippen molar-refractivity contribution in [2.45, 2.75) is 6.92 Å². The van der Waals surface area contributed by atoms with E-state index in [2.05, 4.69) is 15.3 Å². The van der Waals surface area contributed by atoms with Gasteiger partial charge in [0.2, 0.25) is 0 Å². The quantitative estimate of drug-likeness (QED) is 0.296. The van der Waals surface area contributed by atoms with Gasteiger partial charge >= 0.3 is 5.97 Å². The normalized spacial score (nSPS) is 11.0. The van der Waals surface area contributed by atoms with Crippen LogP contribution in [0.5, 0.6) is 5.75 Å². The number of rotatable bonds is 7. The summed E-state index contributed by atoms with van der Waals surface area (Å²) in [6.45, 7) is 1.95. The van der Waals surface area contributed by atoms with Crippen LogP contribution in [0.25, 0.3) is 0 Å². The van der Waals surface area contributed by atoms with Crippen LogP contribution in [-0.4, -0.2) is 36.8 Å². The minimum absolute atomic E-state index is 0.124. The summed E-state index contributed by atoms with van der Waals surface area (Å²) in [4.78, 5) is 19.8. The fraction of sp³-hybridized carbons (Fsp3) is 0.176. The smallest absolute Gasteiger partial charge is 0.341 e. The van der Waals surface area contributed by atoms with Gasteiger partial charge in [0.05, 0.1) is 30.7 Å². The van der Waals surface area contributed by atoms with Crippen LogP contribution in [0.3, 0.4) is 0 Å². The van der Waals surface area contributed by atoms with E-state index >= 15 is 0 Å². The average Bonchev–Trinajstić information content (AvgIpc) is 2.62. The number of methoxy groups -OCH3 is 1. The van der Waals surface area contributed by atoms with Crippen LogP contribution in [0.15, 0.2) is 35.5 Å². The Labute approximate surface area is 155 Å². The Bertz CT molecular complexity index is 854. The Morgan fingerprint density at radius 3 is 2.85 bits per heavy atom. The maximum absolute atomic E-state index is 12.1. The molecule has 0 fully saturated rings. The zero-order chi connectivity index (χ0) is 19.1. The van der Waals surface area contributed by atoms with Gasteiger partial charge in [0.25, 0.3) is 0 Å². The third-order valence-electron chi connectivity index (χ3n) is 3.33. The van der Waals surface area contributed by atoms with Crippen molar-refractivity contribution in [2.75, 3.05) is 19.0 Å². The number of carbonyl (C=O) groups excluding carboxylic acids is 1. The first-order valence-corrected chi connectivity index (χ1v) is 7.98. The molecular formula is C17H18ClN5O3. The molecule has 0 aliphatic rings. The Morgan fingerprint density at radius 1 is 1.42 bits per heavy atom. The molecule has 0 radical (unpaired) electrons. The molecule has 1 aromatic carbocycles. The van der Waals surface area contributed by atoms with Crippen LogP contribution in [-0.2, 0) is 4.74 Å². The second-order valence-electron chi connectivity index (χ2n) is 4.93. The molecule has 0 unspecified atom stereocenters. The number of nitrogens with two attached hydrogens (primary N) is 1. The van der Waals surface area contributed by atoms with Gasteiger partial charge in [0.1, 0.15) is 22.9 Å². The molecule has 136 valence electrons. The molecule has 0 bridgehead atoms. The fourth-order valence-electron chi connectivity index (χ4n) is 2.25. The molecule has 8 nitrogen and oxygen atoms in total. The number of nitrogens with one attached hydrogen (secondary N) is 2. The highest BCUT2D eigenvalue weighted by Crippen LogP contribution is 2.33. The third-order valence-corrected chi connectivity index (χ3v) is 3.54. The lowest BCUT2D eigenvalue weighted by atomic mass is 10.1. The van der Waals surface area contributed by atoms with E-state index in [1.807, 2.05) is 0 Å². The summed E-state index contributed by atoms with van der Waals surface area (Å²) in [6, 6.07) is 6.69. The monoisotopic (exact) mass is 375 g/mol. The summed E-state index contributed by atoms with van der Waals surface area (Å²) in [6.07, 6.45) is 2.18. The Morgan fingerprint density at radius 2 is 2.19 bits per heavy atom. The van der Waals surface area contributed by atoms with Crippen LogP contribution >= 0.6 is 11.6 Å². The molecule has 0 aliphatic heterocycles. The zero-order valence-corrected chi connectivity index (χ0v) is 15.0. The van der Waals surface area contributed by atoms with Crippen LogP contribution in [0.2, 0.25) is 5.15 Å². The van der Waals surface area contributed by atoms with Crippen LogP contribution in [0.1, 0.15) is 22.8 Å². The third kappa shape index (κ3) is 4.28. The molecule has 26 heavy (non-hydrogen) atoms. The number of nitrogens with zero attached hydrogens (tertiary/aromatic N) is 2. The fourth-order valence-corrected chi connectivity index (χ4v) is 2.40. The van der Waals surface area contributed by atoms with Crippen molar-refractivity contribution in [3.63, 3.8) is 0 Å². The minimum Gasteiger partial charge on any atom is -0.494 e. The van der Waals surface area contributed by atoms with E-state index in [0.29, 0.717) is 22.7 Å². The summed E-state index contributed by atoms with van der Waals surface area (Å²) in [5, 5.41) is 10.4. The molecule has 1 heterocycles. The van der Waals surface area contributed by atoms with Crippen molar-refractivity contribution < 1.29 is 14.3 Å². The van der Waals surface area contributed by atoms with Crippen LogP contribution in [0, 0.1) is 5.41 Å². The molecule has 1 aromatic heterocycles. The number of benzene rings is 1. The number of hydrogen-bond acceptors (Lipinski definition) is 6.